The Morgan fingerprint density at radius 2 is 1.12 bits per heavy atom. The van der Waals surface area contributed by atoms with Crippen molar-refractivity contribution < 1.29 is 16.5 Å². The maximum atomic E-state index is 5.00. The number of hydrogen-bond donors (Lipinski definition) is 0. The van der Waals surface area contributed by atoms with E-state index in [0.29, 0.717) is 0 Å². The fourth-order valence-corrected chi connectivity index (χ4v) is 4.33. The van der Waals surface area contributed by atoms with E-state index in [4.69, 9.17) is 9.98 Å². The largest absolute Gasteiger partial charge is 0.255 e. The van der Waals surface area contributed by atoms with Crippen LogP contribution in [0.15, 0.2) is 58.5 Å². The molecule has 0 fully saturated rings. The van der Waals surface area contributed by atoms with Crippen molar-refractivity contribution in [2.24, 2.45) is 9.98 Å². The Bertz CT molecular complexity index is 1120. The second-order valence-corrected chi connectivity index (χ2v) is 10.4. The zero-order valence-electron chi connectivity index (χ0n) is 25.2. The van der Waals surface area contributed by atoms with Crippen LogP contribution in [0.25, 0.3) is 0 Å². The van der Waals surface area contributed by atoms with E-state index in [-0.39, 0.29) is 16.5 Å². The van der Waals surface area contributed by atoms with Gasteiger partial charge in [-0.25, -0.2) is 0 Å². The molecule has 0 aliphatic rings. The topological polar surface area (TPSA) is 24.7 Å². The monoisotopic (exact) mass is 580 g/mol. The molecule has 2 aromatic rings. The average Bonchev–Trinajstić information content (AvgIpc) is 2.95. The van der Waals surface area contributed by atoms with Crippen LogP contribution >= 0.6 is 0 Å². The van der Waals surface area contributed by atoms with Gasteiger partial charge in [0.1, 0.15) is 0 Å². The standard InChI is InChI=1S/C37H50N2.Ni/c1-4-7-10-11-12-13-14-15-16-17-20-27-37(39-36-29-22-26-34(31-36)24-19-9-6-3)32-38-35-28-21-25-33(30-35)23-18-8-5-2;/h21-22,25-26,28-32H,4-17,20,27H2,1-3H3;. The molecule has 0 radical (unpaired) electrons. The number of benzene rings is 2. The van der Waals surface area contributed by atoms with E-state index in [2.05, 4.69) is 68.7 Å². The predicted octanol–water partition coefficient (Wildman–Crippen LogP) is 11.2. The average molecular weight is 582 g/mol. The van der Waals surface area contributed by atoms with Crippen LogP contribution in [0, 0.1) is 23.7 Å². The van der Waals surface area contributed by atoms with Crippen molar-refractivity contribution in [1.29, 1.82) is 0 Å². The summed E-state index contributed by atoms with van der Waals surface area (Å²) in [5.41, 5.74) is 4.92. The van der Waals surface area contributed by atoms with E-state index in [1.807, 2.05) is 30.5 Å². The molecule has 0 spiro atoms. The molecule has 0 saturated carbocycles. The fraction of sp³-hybridized carbons (Fsp3) is 0.514. The summed E-state index contributed by atoms with van der Waals surface area (Å²) < 4.78 is 0. The summed E-state index contributed by atoms with van der Waals surface area (Å²) in [7, 11) is 0. The molecular formula is C37H50N2Ni. The Morgan fingerprint density at radius 1 is 0.625 bits per heavy atom. The van der Waals surface area contributed by atoms with Crippen LogP contribution in [0.3, 0.4) is 0 Å². The molecule has 0 aliphatic heterocycles. The summed E-state index contributed by atoms with van der Waals surface area (Å²) in [6.07, 6.45) is 21.6. The third-order valence-corrected chi connectivity index (χ3v) is 6.58. The van der Waals surface area contributed by atoms with Crippen LogP contribution in [0.2, 0.25) is 0 Å². The summed E-state index contributed by atoms with van der Waals surface area (Å²) in [6, 6.07) is 16.4. The second kappa shape index (κ2) is 24.2. The number of rotatable bonds is 17. The van der Waals surface area contributed by atoms with E-state index in [1.165, 1.54) is 64.2 Å². The molecule has 3 heteroatoms. The fourth-order valence-electron chi connectivity index (χ4n) is 4.33. The minimum Gasteiger partial charge on any atom is -0.255 e. The first-order chi connectivity index (χ1) is 19.2. The minimum absolute atomic E-state index is 0. The molecule has 0 amide bonds. The molecule has 0 N–H and O–H groups in total. The van der Waals surface area contributed by atoms with Crippen LogP contribution in [-0.2, 0) is 16.5 Å². The van der Waals surface area contributed by atoms with Crippen LogP contribution in [0.5, 0.6) is 0 Å². The summed E-state index contributed by atoms with van der Waals surface area (Å²) in [5, 5.41) is 0. The van der Waals surface area contributed by atoms with Crippen LogP contribution < -0.4 is 0 Å². The Balaban J connectivity index is 0.00000800. The first-order valence-corrected chi connectivity index (χ1v) is 15.5. The molecule has 0 heterocycles. The quantitative estimate of drug-likeness (QED) is 0.0769. The van der Waals surface area contributed by atoms with Gasteiger partial charge < -0.3 is 0 Å². The van der Waals surface area contributed by atoms with Gasteiger partial charge >= 0.3 is 0 Å². The van der Waals surface area contributed by atoms with Gasteiger partial charge in [0.25, 0.3) is 0 Å². The van der Waals surface area contributed by atoms with Gasteiger partial charge in [-0.05, 0) is 62.1 Å². The number of unbranched alkanes of at least 4 members (excludes halogenated alkanes) is 12. The predicted molar refractivity (Wildman–Crippen MR) is 173 cm³/mol. The summed E-state index contributed by atoms with van der Waals surface area (Å²) >= 11 is 0. The molecule has 2 aromatic carbocycles. The van der Waals surface area contributed by atoms with Crippen molar-refractivity contribution in [3.8, 4) is 23.7 Å². The molecule has 0 aliphatic carbocycles. The van der Waals surface area contributed by atoms with E-state index in [0.717, 1.165) is 66.7 Å². The molecule has 2 rings (SSSR count). The zero-order valence-corrected chi connectivity index (χ0v) is 26.2. The smallest absolute Gasteiger partial charge is 0.0646 e. The Kier molecular flexibility index (Phi) is 21.4. The third kappa shape index (κ3) is 17.2. The molecule has 0 atom stereocenters. The van der Waals surface area contributed by atoms with Crippen molar-refractivity contribution in [3.05, 3.63) is 59.7 Å². The maximum Gasteiger partial charge on any atom is 0.0646 e. The molecular weight excluding hydrogens is 531 g/mol. The first kappa shape index (κ1) is 35.4. The van der Waals surface area contributed by atoms with E-state index < -0.39 is 0 Å². The Labute approximate surface area is 255 Å². The van der Waals surface area contributed by atoms with E-state index in [9.17, 15) is 0 Å². The van der Waals surface area contributed by atoms with Crippen molar-refractivity contribution in [3.63, 3.8) is 0 Å². The normalized spacial score (nSPS) is 10.9. The van der Waals surface area contributed by atoms with Gasteiger partial charge in [-0.2, -0.15) is 0 Å². The SMILES string of the molecule is CCCC#Cc1cccc(N=CC(CCCCCCCCCCCCC)=Nc2cccc(C#CCCC)c2)c1.[Ni]. The van der Waals surface area contributed by atoms with Gasteiger partial charge in [-0.15, -0.1) is 0 Å². The van der Waals surface area contributed by atoms with Gasteiger partial charge in [0.2, 0.25) is 0 Å². The number of nitrogens with zero attached hydrogens (tertiary/aromatic N) is 2. The Morgan fingerprint density at radius 3 is 1.68 bits per heavy atom. The van der Waals surface area contributed by atoms with Crippen LogP contribution in [0.1, 0.15) is 135 Å². The maximum absolute atomic E-state index is 5.00. The van der Waals surface area contributed by atoms with Crippen molar-refractivity contribution in [2.75, 3.05) is 0 Å². The van der Waals surface area contributed by atoms with E-state index in [1.54, 1.807) is 0 Å². The summed E-state index contributed by atoms with van der Waals surface area (Å²) in [6.45, 7) is 6.59. The molecule has 218 valence electrons. The van der Waals surface area contributed by atoms with E-state index >= 15 is 0 Å². The van der Waals surface area contributed by atoms with Crippen molar-refractivity contribution in [2.45, 2.75) is 124 Å². The van der Waals surface area contributed by atoms with Crippen molar-refractivity contribution in [1.82, 2.24) is 0 Å². The Hall–Kier alpha value is -2.61. The first-order valence-electron chi connectivity index (χ1n) is 15.5. The van der Waals surface area contributed by atoms with Crippen molar-refractivity contribution >= 4 is 23.3 Å². The summed E-state index contributed by atoms with van der Waals surface area (Å²) in [4.78, 5) is 9.79. The van der Waals surface area contributed by atoms with Crippen LogP contribution in [0.4, 0.5) is 11.4 Å². The molecule has 0 unspecified atom stereocenters. The molecule has 40 heavy (non-hydrogen) atoms. The van der Waals surface area contributed by atoms with Gasteiger partial charge in [-0.1, -0.05) is 121 Å². The van der Waals surface area contributed by atoms with Gasteiger partial charge in [0, 0.05) is 46.7 Å². The third-order valence-electron chi connectivity index (χ3n) is 6.58. The zero-order chi connectivity index (χ0) is 27.8. The molecule has 0 saturated heterocycles. The second-order valence-electron chi connectivity index (χ2n) is 10.4. The molecule has 0 aromatic heterocycles. The van der Waals surface area contributed by atoms with Gasteiger partial charge in [0.15, 0.2) is 0 Å². The minimum atomic E-state index is 0. The van der Waals surface area contributed by atoms with Crippen LogP contribution in [-0.4, -0.2) is 11.9 Å². The number of aliphatic imine (C=N–C) groups is 2. The number of hydrogen-bond acceptors (Lipinski definition) is 2. The summed E-state index contributed by atoms with van der Waals surface area (Å²) in [5.74, 6) is 13.0. The molecule has 0 bridgehead atoms. The van der Waals surface area contributed by atoms with Gasteiger partial charge in [0.05, 0.1) is 17.1 Å². The molecule has 2 nitrogen and oxygen atoms in total. The van der Waals surface area contributed by atoms with Gasteiger partial charge in [-0.3, -0.25) is 9.98 Å².